The molecule has 4 aromatic carbocycles. The molecule has 0 spiro atoms. The molecule has 0 radical (unpaired) electrons. The van der Waals surface area contributed by atoms with Crippen molar-refractivity contribution in [3.8, 4) is 0 Å². The number of aromatic nitrogens is 2. The summed E-state index contributed by atoms with van der Waals surface area (Å²) in [6, 6.07) is 28.8. The summed E-state index contributed by atoms with van der Waals surface area (Å²) < 4.78 is 4.21. The minimum atomic E-state index is 0.362. The molecular formula is C34H26N4. The zero-order valence-corrected chi connectivity index (χ0v) is 20.9. The third-order valence-corrected chi connectivity index (χ3v) is 7.04. The van der Waals surface area contributed by atoms with Crippen LogP contribution in [-0.2, 0) is 0 Å². The van der Waals surface area contributed by atoms with Crippen LogP contribution < -0.4 is 0 Å². The number of nitrogens with one attached hydrogen (secondary N) is 2. The first kappa shape index (κ1) is 23.2. The van der Waals surface area contributed by atoms with Crippen molar-refractivity contribution in [2.45, 2.75) is 0 Å². The molecule has 38 heavy (non-hydrogen) atoms. The first-order valence-electron chi connectivity index (χ1n) is 12.4. The van der Waals surface area contributed by atoms with Gasteiger partial charge >= 0.3 is 0 Å². The highest BCUT2D eigenvalue weighted by Crippen LogP contribution is 2.37. The molecule has 0 amide bonds. The smallest absolute Gasteiger partial charge is 0.0659 e. The Bertz CT molecular complexity index is 1980. The van der Waals surface area contributed by atoms with Crippen LogP contribution in [0.4, 0.5) is 0 Å². The molecule has 0 aliphatic rings. The molecule has 0 bridgehead atoms. The molecule has 6 rings (SSSR count). The lowest BCUT2D eigenvalue weighted by molar-refractivity contribution is 1.18. The molecule has 4 heteroatoms. The Morgan fingerprint density at radius 1 is 0.711 bits per heavy atom. The number of rotatable bonds is 7. The van der Waals surface area contributed by atoms with Crippen LogP contribution in [0, 0.1) is 10.8 Å². The van der Waals surface area contributed by atoms with E-state index in [0.29, 0.717) is 11.4 Å². The molecule has 182 valence electrons. The van der Waals surface area contributed by atoms with Crippen molar-refractivity contribution in [2.24, 2.45) is 0 Å². The summed E-state index contributed by atoms with van der Waals surface area (Å²) in [5.41, 5.74) is 5.86. The van der Waals surface area contributed by atoms with Gasteiger partial charge in [-0.05, 0) is 64.9 Å². The van der Waals surface area contributed by atoms with Gasteiger partial charge in [0.15, 0.2) is 0 Å². The lowest BCUT2D eigenvalue weighted by atomic mass is 10.0. The van der Waals surface area contributed by atoms with Gasteiger partial charge < -0.3 is 20.0 Å². The van der Waals surface area contributed by atoms with Crippen molar-refractivity contribution >= 4 is 66.8 Å². The fourth-order valence-electron chi connectivity index (χ4n) is 5.30. The van der Waals surface area contributed by atoms with Gasteiger partial charge in [-0.2, -0.15) is 0 Å². The van der Waals surface area contributed by atoms with Gasteiger partial charge in [0.1, 0.15) is 0 Å². The highest BCUT2D eigenvalue weighted by atomic mass is 15.0. The monoisotopic (exact) mass is 490 g/mol. The van der Waals surface area contributed by atoms with E-state index in [1.807, 2.05) is 54.6 Å². The van der Waals surface area contributed by atoms with Crippen molar-refractivity contribution in [1.82, 2.24) is 9.13 Å². The summed E-state index contributed by atoms with van der Waals surface area (Å²) in [6.45, 7) is 7.81. The highest BCUT2D eigenvalue weighted by molar-refractivity contribution is 6.23. The topological polar surface area (TPSA) is 57.6 Å². The zero-order valence-electron chi connectivity index (χ0n) is 20.9. The lowest BCUT2D eigenvalue weighted by Gasteiger charge is -2.11. The van der Waals surface area contributed by atoms with E-state index >= 15 is 0 Å². The SMILES string of the molecule is C=C/C=C(\C=C)n1ccc2c3cc4c(cc3ccc21)c1ccccc1n4/C(C=N)=C/C(=N)c1ccccc1. The van der Waals surface area contributed by atoms with Gasteiger partial charge in [-0.15, -0.1) is 0 Å². The van der Waals surface area contributed by atoms with Crippen LogP contribution in [0.25, 0.3) is 54.9 Å². The second kappa shape index (κ2) is 9.34. The Kier molecular flexibility index (Phi) is 5.70. The standard InChI is InChI=1S/C34H26N4/c1-3-10-25(4-2)37-18-17-28-29-21-34-30(19-24(29)15-16-32(28)37)27-13-8-9-14-33(27)38(34)26(22-35)20-31(36)23-11-6-5-7-12-23/h3-22,35-36H,1-2H2/b25-10+,26-20+,35-22?,36-31?. The van der Waals surface area contributed by atoms with Crippen molar-refractivity contribution in [1.29, 1.82) is 10.8 Å². The minimum absolute atomic E-state index is 0.362. The fourth-order valence-corrected chi connectivity index (χ4v) is 5.30. The average Bonchev–Trinajstić information content (AvgIpc) is 3.53. The molecule has 0 saturated carbocycles. The Balaban J connectivity index is 1.65. The van der Waals surface area contributed by atoms with E-state index in [0.717, 1.165) is 54.7 Å². The van der Waals surface area contributed by atoms with Crippen molar-refractivity contribution in [2.75, 3.05) is 0 Å². The Morgan fingerprint density at radius 2 is 1.47 bits per heavy atom. The average molecular weight is 491 g/mol. The van der Waals surface area contributed by atoms with E-state index in [9.17, 15) is 0 Å². The van der Waals surface area contributed by atoms with Crippen LogP contribution in [0.2, 0.25) is 0 Å². The predicted molar refractivity (Wildman–Crippen MR) is 163 cm³/mol. The number of benzene rings is 4. The van der Waals surface area contributed by atoms with Gasteiger partial charge in [0.2, 0.25) is 0 Å². The van der Waals surface area contributed by atoms with Gasteiger partial charge in [0.05, 0.1) is 28.0 Å². The maximum atomic E-state index is 8.70. The van der Waals surface area contributed by atoms with Gasteiger partial charge in [-0.1, -0.05) is 73.8 Å². The van der Waals surface area contributed by atoms with Crippen LogP contribution >= 0.6 is 0 Å². The molecule has 6 aromatic rings. The largest absolute Gasteiger partial charge is 0.317 e. The van der Waals surface area contributed by atoms with Crippen LogP contribution in [0.5, 0.6) is 0 Å². The van der Waals surface area contributed by atoms with E-state index in [1.54, 1.807) is 12.2 Å². The van der Waals surface area contributed by atoms with Gasteiger partial charge in [-0.25, -0.2) is 0 Å². The molecule has 2 aromatic heterocycles. The summed E-state index contributed by atoms with van der Waals surface area (Å²) in [6.07, 6.45) is 10.7. The second-order valence-corrected chi connectivity index (χ2v) is 9.15. The van der Waals surface area contributed by atoms with Gasteiger partial charge in [-0.3, -0.25) is 0 Å². The Hall–Kier alpha value is -5.22. The summed E-state index contributed by atoms with van der Waals surface area (Å²) in [5, 5.41) is 22.7. The number of para-hydroxylation sites is 1. The van der Waals surface area contributed by atoms with E-state index in [2.05, 4.69) is 71.0 Å². The second-order valence-electron chi connectivity index (χ2n) is 9.15. The van der Waals surface area contributed by atoms with Crippen LogP contribution in [-0.4, -0.2) is 21.1 Å². The number of hydrogen-bond donors (Lipinski definition) is 2. The van der Waals surface area contributed by atoms with Crippen molar-refractivity contribution in [3.05, 3.63) is 134 Å². The van der Waals surface area contributed by atoms with Gasteiger partial charge in [0, 0.05) is 34.3 Å². The molecule has 4 nitrogen and oxygen atoms in total. The molecule has 0 aliphatic carbocycles. The maximum Gasteiger partial charge on any atom is 0.0659 e. The van der Waals surface area contributed by atoms with Crippen LogP contribution in [0.15, 0.2) is 129 Å². The first-order valence-corrected chi connectivity index (χ1v) is 12.4. The Morgan fingerprint density at radius 3 is 2.24 bits per heavy atom. The van der Waals surface area contributed by atoms with E-state index in [1.165, 1.54) is 6.21 Å². The number of allylic oxidation sites excluding steroid dienone is 6. The predicted octanol–water partition coefficient (Wildman–Crippen LogP) is 8.67. The van der Waals surface area contributed by atoms with E-state index in [-0.39, 0.29) is 0 Å². The Labute approximate surface area is 220 Å². The summed E-state index contributed by atoms with van der Waals surface area (Å²) in [5.74, 6) is 0. The molecule has 0 aliphatic heterocycles. The summed E-state index contributed by atoms with van der Waals surface area (Å²) in [4.78, 5) is 0. The quantitative estimate of drug-likeness (QED) is 0.166. The molecular weight excluding hydrogens is 464 g/mol. The zero-order chi connectivity index (χ0) is 26.2. The fraction of sp³-hybridized carbons (Fsp3) is 0. The molecule has 2 heterocycles. The van der Waals surface area contributed by atoms with Crippen LogP contribution in [0.3, 0.4) is 0 Å². The third-order valence-electron chi connectivity index (χ3n) is 7.04. The van der Waals surface area contributed by atoms with Crippen molar-refractivity contribution < 1.29 is 0 Å². The summed E-state index contributed by atoms with van der Waals surface area (Å²) in [7, 11) is 0. The third kappa shape index (κ3) is 3.62. The highest BCUT2D eigenvalue weighted by Gasteiger charge is 2.16. The number of nitrogens with zero attached hydrogens (tertiary/aromatic N) is 2. The van der Waals surface area contributed by atoms with E-state index < -0.39 is 0 Å². The number of fused-ring (bicyclic) bond motifs is 6. The van der Waals surface area contributed by atoms with Crippen molar-refractivity contribution in [3.63, 3.8) is 0 Å². The lowest BCUT2D eigenvalue weighted by Crippen LogP contribution is -2.03. The molecule has 2 N–H and O–H groups in total. The number of hydrogen-bond acceptors (Lipinski definition) is 2. The van der Waals surface area contributed by atoms with E-state index in [4.69, 9.17) is 10.8 Å². The minimum Gasteiger partial charge on any atom is -0.317 e. The molecule has 0 atom stereocenters. The maximum absolute atomic E-state index is 8.70. The normalized spacial score (nSPS) is 12.4. The molecule has 0 fully saturated rings. The van der Waals surface area contributed by atoms with Gasteiger partial charge in [0.25, 0.3) is 0 Å². The molecule has 0 unspecified atom stereocenters. The van der Waals surface area contributed by atoms with Crippen LogP contribution in [0.1, 0.15) is 5.56 Å². The molecule has 0 saturated heterocycles. The summed E-state index contributed by atoms with van der Waals surface area (Å²) >= 11 is 0. The first-order chi connectivity index (χ1) is 18.6.